The van der Waals surface area contributed by atoms with Gasteiger partial charge in [-0.05, 0) is 25.8 Å². The zero-order valence-corrected chi connectivity index (χ0v) is 15.2. The highest BCUT2D eigenvalue weighted by molar-refractivity contribution is 5.46. The average Bonchev–Trinajstić information content (AvgIpc) is 3.28. The summed E-state index contributed by atoms with van der Waals surface area (Å²) in [4.78, 5) is 16.7. The van der Waals surface area contributed by atoms with Crippen molar-refractivity contribution in [3.05, 3.63) is 29.7 Å². The van der Waals surface area contributed by atoms with Crippen LogP contribution in [0.2, 0.25) is 0 Å². The Morgan fingerprint density at radius 3 is 2.40 bits per heavy atom. The Morgan fingerprint density at radius 1 is 0.960 bits per heavy atom. The first kappa shape index (κ1) is 16.3. The maximum absolute atomic E-state index is 4.86. The molecule has 0 aromatic carbocycles. The lowest BCUT2D eigenvalue weighted by atomic mass is 10.3. The fourth-order valence-electron chi connectivity index (χ4n) is 3.68. The third kappa shape index (κ3) is 3.61. The fourth-order valence-corrected chi connectivity index (χ4v) is 3.68. The number of hydrogen-bond acceptors (Lipinski definition) is 6. The van der Waals surface area contributed by atoms with E-state index in [9.17, 15) is 0 Å². The average molecular weight is 341 g/mol. The summed E-state index contributed by atoms with van der Waals surface area (Å²) < 4.78 is 1.96. The first-order valence-corrected chi connectivity index (χ1v) is 9.24. The van der Waals surface area contributed by atoms with Crippen LogP contribution < -0.4 is 9.80 Å². The summed E-state index contributed by atoms with van der Waals surface area (Å²) in [5.41, 5.74) is 2.32. The summed E-state index contributed by atoms with van der Waals surface area (Å²) in [6.45, 7) is 9.27. The number of aromatic nitrogens is 4. The molecule has 0 amide bonds. The van der Waals surface area contributed by atoms with Crippen LogP contribution in [-0.2, 0) is 13.6 Å². The molecule has 0 aliphatic carbocycles. The molecule has 2 aliphatic rings. The Bertz CT molecular complexity index is 712. The van der Waals surface area contributed by atoms with Gasteiger partial charge >= 0.3 is 0 Å². The molecule has 2 aromatic rings. The van der Waals surface area contributed by atoms with Crippen LogP contribution in [0.1, 0.15) is 24.2 Å². The minimum Gasteiger partial charge on any atom is -0.356 e. The maximum atomic E-state index is 4.86. The number of rotatable bonds is 4. The summed E-state index contributed by atoms with van der Waals surface area (Å²) in [6, 6.07) is 4.21. The van der Waals surface area contributed by atoms with Crippen LogP contribution in [0.5, 0.6) is 0 Å². The van der Waals surface area contributed by atoms with Crippen LogP contribution in [0.25, 0.3) is 0 Å². The van der Waals surface area contributed by atoms with Crippen LogP contribution in [0.15, 0.2) is 18.3 Å². The van der Waals surface area contributed by atoms with E-state index in [0.717, 1.165) is 63.3 Å². The zero-order chi connectivity index (χ0) is 17.2. The highest BCUT2D eigenvalue weighted by Crippen LogP contribution is 2.22. The molecule has 7 nitrogen and oxygen atoms in total. The summed E-state index contributed by atoms with van der Waals surface area (Å²) in [6.07, 6.45) is 4.40. The maximum Gasteiger partial charge on any atom is 0.227 e. The van der Waals surface area contributed by atoms with Crippen LogP contribution in [0, 0.1) is 6.92 Å². The molecule has 0 saturated carbocycles. The van der Waals surface area contributed by atoms with Crippen molar-refractivity contribution in [2.45, 2.75) is 26.3 Å². The molecule has 0 atom stereocenters. The van der Waals surface area contributed by atoms with Crippen molar-refractivity contribution in [3.63, 3.8) is 0 Å². The normalized spacial score (nSPS) is 19.0. The van der Waals surface area contributed by atoms with Gasteiger partial charge < -0.3 is 9.80 Å². The van der Waals surface area contributed by atoms with Gasteiger partial charge in [-0.1, -0.05) is 0 Å². The number of hydrogen-bond donors (Lipinski definition) is 0. The molecule has 0 spiro atoms. The standard InChI is InChI=1S/C18H27N7/c1-15-13-17(24-7-3-4-8-24)21-18(20-15)25-11-9-23(10-12-25)14-16-5-6-19-22(16)2/h5-6,13H,3-4,7-12,14H2,1-2H3. The lowest BCUT2D eigenvalue weighted by Gasteiger charge is -2.35. The largest absolute Gasteiger partial charge is 0.356 e. The molecule has 2 aliphatic heterocycles. The summed E-state index contributed by atoms with van der Waals surface area (Å²) >= 11 is 0. The second-order valence-corrected chi connectivity index (χ2v) is 7.07. The topological polar surface area (TPSA) is 53.3 Å². The van der Waals surface area contributed by atoms with Gasteiger partial charge in [-0.2, -0.15) is 10.1 Å². The molecule has 7 heteroatoms. The molecule has 0 bridgehead atoms. The van der Waals surface area contributed by atoms with Gasteiger partial charge in [0.1, 0.15) is 5.82 Å². The SMILES string of the molecule is Cc1cc(N2CCCC2)nc(N2CCN(Cc3ccnn3C)CC2)n1. The first-order chi connectivity index (χ1) is 12.2. The smallest absolute Gasteiger partial charge is 0.227 e. The number of aryl methyl sites for hydroxylation is 2. The Labute approximate surface area is 149 Å². The Balaban J connectivity index is 1.41. The van der Waals surface area contributed by atoms with E-state index in [1.165, 1.54) is 18.5 Å². The van der Waals surface area contributed by atoms with Crippen LogP contribution in [0.3, 0.4) is 0 Å². The third-order valence-electron chi connectivity index (χ3n) is 5.22. The summed E-state index contributed by atoms with van der Waals surface area (Å²) in [5, 5.41) is 4.26. The molecule has 2 fully saturated rings. The summed E-state index contributed by atoms with van der Waals surface area (Å²) in [5.74, 6) is 1.99. The van der Waals surface area contributed by atoms with Gasteiger partial charge in [-0.25, -0.2) is 4.98 Å². The first-order valence-electron chi connectivity index (χ1n) is 9.24. The molecule has 0 N–H and O–H groups in total. The van der Waals surface area contributed by atoms with E-state index in [2.05, 4.69) is 38.9 Å². The van der Waals surface area contributed by atoms with Gasteiger partial charge in [0.2, 0.25) is 5.95 Å². The molecular formula is C18H27N7. The van der Waals surface area contributed by atoms with Crippen molar-refractivity contribution in [2.75, 3.05) is 49.1 Å². The lowest BCUT2D eigenvalue weighted by Crippen LogP contribution is -2.46. The quantitative estimate of drug-likeness (QED) is 0.839. The van der Waals surface area contributed by atoms with Crippen molar-refractivity contribution in [1.29, 1.82) is 0 Å². The number of nitrogens with zero attached hydrogens (tertiary/aromatic N) is 7. The van der Waals surface area contributed by atoms with E-state index in [-0.39, 0.29) is 0 Å². The Morgan fingerprint density at radius 2 is 1.72 bits per heavy atom. The van der Waals surface area contributed by atoms with Gasteiger partial charge in [0.15, 0.2) is 0 Å². The van der Waals surface area contributed by atoms with Crippen molar-refractivity contribution in [3.8, 4) is 0 Å². The van der Waals surface area contributed by atoms with Crippen molar-refractivity contribution in [1.82, 2.24) is 24.6 Å². The van der Waals surface area contributed by atoms with E-state index in [0.29, 0.717) is 0 Å². The highest BCUT2D eigenvalue weighted by atomic mass is 15.3. The van der Waals surface area contributed by atoms with Crippen molar-refractivity contribution in [2.24, 2.45) is 7.05 Å². The van der Waals surface area contributed by atoms with E-state index in [4.69, 9.17) is 9.97 Å². The predicted octanol–water partition coefficient (Wildman–Crippen LogP) is 1.44. The van der Waals surface area contributed by atoms with E-state index in [1.807, 2.05) is 17.9 Å². The van der Waals surface area contributed by atoms with Crippen LogP contribution in [-0.4, -0.2) is 63.9 Å². The fraction of sp³-hybridized carbons (Fsp3) is 0.611. The van der Waals surface area contributed by atoms with E-state index in [1.54, 1.807) is 0 Å². The van der Waals surface area contributed by atoms with Gasteiger partial charge in [-0.15, -0.1) is 0 Å². The van der Waals surface area contributed by atoms with Crippen LogP contribution >= 0.6 is 0 Å². The van der Waals surface area contributed by atoms with E-state index >= 15 is 0 Å². The van der Waals surface area contributed by atoms with Gasteiger partial charge in [0.25, 0.3) is 0 Å². The van der Waals surface area contributed by atoms with Gasteiger partial charge in [0, 0.05) is 70.8 Å². The van der Waals surface area contributed by atoms with E-state index < -0.39 is 0 Å². The molecule has 0 radical (unpaired) electrons. The monoisotopic (exact) mass is 341 g/mol. The lowest BCUT2D eigenvalue weighted by molar-refractivity contribution is 0.242. The zero-order valence-electron chi connectivity index (χ0n) is 15.2. The minimum atomic E-state index is 0.891. The Kier molecular flexibility index (Phi) is 4.57. The molecule has 4 heterocycles. The van der Waals surface area contributed by atoms with Gasteiger partial charge in [0.05, 0.1) is 5.69 Å². The summed E-state index contributed by atoms with van der Waals surface area (Å²) in [7, 11) is 2.01. The molecule has 0 unspecified atom stereocenters. The number of anilines is 2. The second kappa shape index (κ2) is 7.00. The van der Waals surface area contributed by atoms with Crippen molar-refractivity contribution < 1.29 is 0 Å². The molecular weight excluding hydrogens is 314 g/mol. The molecule has 2 aromatic heterocycles. The third-order valence-corrected chi connectivity index (χ3v) is 5.22. The number of piperazine rings is 1. The molecule has 134 valence electrons. The second-order valence-electron chi connectivity index (χ2n) is 7.07. The Hall–Kier alpha value is -2.15. The van der Waals surface area contributed by atoms with Crippen molar-refractivity contribution >= 4 is 11.8 Å². The predicted molar refractivity (Wildman–Crippen MR) is 98.9 cm³/mol. The molecule has 4 rings (SSSR count). The van der Waals surface area contributed by atoms with Crippen LogP contribution in [0.4, 0.5) is 11.8 Å². The molecule has 25 heavy (non-hydrogen) atoms. The minimum absolute atomic E-state index is 0.891. The van der Waals surface area contributed by atoms with Gasteiger partial charge in [-0.3, -0.25) is 9.58 Å². The molecule has 2 saturated heterocycles. The highest BCUT2D eigenvalue weighted by Gasteiger charge is 2.22.